The second-order valence-corrected chi connectivity index (χ2v) is 5.77. The van der Waals surface area contributed by atoms with E-state index in [1.165, 1.54) is 43.5 Å². The molecule has 0 amide bonds. The van der Waals surface area contributed by atoms with E-state index < -0.39 is 0 Å². The van der Waals surface area contributed by atoms with Crippen molar-refractivity contribution in [3.63, 3.8) is 0 Å². The van der Waals surface area contributed by atoms with Gasteiger partial charge in [-0.25, -0.2) is 0 Å². The summed E-state index contributed by atoms with van der Waals surface area (Å²) in [5, 5.41) is 9.90. The molecule has 2 nitrogen and oxygen atoms in total. The number of benzene rings is 1. The lowest BCUT2D eigenvalue weighted by Gasteiger charge is -2.32. The summed E-state index contributed by atoms with van der Waals surface area (Å²) in [5.74, 6) is 0.541. The molecule has 0 aromatic heterocycles. The zero-order chi connectivity index (χ0) is 12.4. The first-order chi connectivity index (χ1) is 8.84. The van der Waals surface area contributed by atoms with E-state index in [0.717, 1.165) is 19.4 Å². The van der Waals surface area contributed by atoms with Gasteiger partial charge in [0.2, 0.25) is 0 Å². The highest BCUT2D eigenvalue weighted by molar-refractivity contribution is 5.55. The van der Waals surface area contributed by atoms with Gasteiger partial charge in [0.1, 0.15) is 0 Å². The summed E-state index contributed by atoms with van der Waals surface area (Å²) in [6.45, 7) is 2.29. The van der Waals surface area contributed by atoms with Gasteiger partial charge in [0.05, 0.1) is 6.10 Å². The molecule has 18 heavy (non-hydrogen) atoms. The van der Waals surface area contributed by atoms with Gasteiger partial charge in [-0.05, 0) is 49.7 Å². The number of anilines is 1. The van der Waals surface area contributed by atoms with Crippen molar-refractivity contribution < 1.29 is 5.11 Å². The van der Waals surface area contributed by atoms with Gasteiger partial charge in [-0.2, -0.15) is 0 Å². The molecule has 0 spiro atoms. The van der Waals surface area contributed by atoms with Crippen molar-refractivity contribution in [2.45, 2.75) is 44.6 Å². The number of hydrogen-bond donors (Lipinski definition) is 1. The van der Waals surface area contributed by atoms with Crippen molar-refractivity contribution >= 4 is 5.69 Å². The van der Waals surface area contributed by atoms with E-state index in [0.29, 0.717) is 5.92 Å². The third kappa shape index (κ3) is 2.39. The van der Waals surface area contributed by atoms with Gasteiger partial charge in [0, 0.05) is 18.8 Å². The van der Waals surface area contributed by atoms with Crippen LogP contribution in [0.15, 0.2) is 24.3 Å². The normalized spacial score (nSPS) is 27.3. The molecular weight excluding hydrogens is 222 g/mol. The molecule has 1 aliphatic heterocycles. The molecule has 0 bridgehead atoms. The maximum Gasteiger partial charge on any atom is 0.0569 e. The van der Waals surface area contributed by atoms with Crippen LogP contribution in [0.5, 0.6) is 0 Å². The van der Waals surface area contributed by atoms with Gasteiger partial charge >= 0.3 is 0 Å². The molecule has 1 aromatic rings. The lowest BCUT2D eigenvalue weighted by atomic mass is 9.98. The van der Waals surface area contributed by atoms with Crippen molar-refractivity contribution in [3.8, 4) is 0 Å². The van der Waals surface area contributed by atoms with Crippen molar-refractivity contribution in [1.29, 1.82) is 0 Å². The monoisotopic (exact) mass is 245 g/mol. The molecule has 0 saturated heterocycles. The maximum absolute atomic E-state index is 9.90. The van der Waals surface area contributed by atoms with E-state index in [2.05, 4.69) is 29.2 Å². The van der Waals surface area contributed by atoms with Gasteiger partial charge in [-0.1, -0.05) is 24.6 Å². The molecule has 1 aliphatic carbocycles. The molecule has 1 N–H and O–H groups in total. The van der Waals surface area contributed by atoms with Crippen LogP contribution in [0.25, 0.3) is 0 Å². The molecule has 1 saturated carbocycles. The fourth-order valence-electron chi connectivity index (χ4n) is 3.52. The van der Waals surface area contributed by atoms with Crippen molar-refractivity contribution in [3.05, 3.63) is 29.8 Å². The van der Waals surface area contributed by atoms with E-state index in [1.54, 1.807) is 0 Å². The Kier molecular flexibility index (Phi) is 3.55. The summed E-state index contributed by atoms with van der Waals surface area (Å²) in [6.07, 6.45) is 7.05. The predicted octanol–water partition coefficient (Wildman–Crippen LogP) is 2.99. The van der Waals surface area contributed by atoms with E-state index >= 15 is 0 Å². The van der Waals surface area contributed by atoms with Crippen molar-refractivity contribution in [2.24, 2.45) is 5.92 Å². The fraction of sp³-hybridized carbons (Fsp3) is 0.625. The van der Waals surface area contributed by atoms with E-state index in [9.17, 15) is 5.11 Å². The molecular formula is C16H23NO. The molecule has 2 unspecified atom stereocenters. The van der Waals surface area contributed by atoms with E-state index in [1.807, 2.05) is 0 Å². The van der Waals surface area contributed by atoms with Gasteiger partial charge < -0.3 is 10.0 Å². The number of aliphatic hydroxyl groups excluding tert-OH is 1. The first-order valence-electron chi connectivity index (χ1n) is 7.35. The second kappa shape index (κ2) is 5.31. The highest BCUT2D eigenvalue weighted by Crippen LogP contribution is 2.31. The predicted molar refractivity (Wildman–Crippen MR) is 74.9 cm³/mol. The largest absolute Gasteiger partial charge is 0.393 e. The molecule has 0 radical (unpaired) electrons. The summed E-state index contributed by atoms with van der Waals surface area (Å²) < 4.78 is 0. The molecule has 2 heteroatoms. The van der Waals surface area contributed by atoms with E-state index in [-0.39, 0.29) is 6.10 Å². The fourth-order valence-corrected chi connectivity index (χ4v) is 3.52. The average Bonchev–Trinajstić information content (AvgIpc) is 2.82. The number of aryl methyl sites for hydroxylation is 1. The standard InChI is InChI=1S/C16H23NO/c18-16-9-3-6-14(16)10-12-17-11-4-7-13-5-1-2-8-15(13)17/h1-2,5,8,14,16,18H,3-4,6-7,9-12H2. The molecule has 3 rings (SSSR count). The first kappa shape index (κ1) is 12.0. The zero-order valence-corrected chi connectivity index (χ0v) is 11.0. The smallest absolute Gasteiger partial charge is 0.0569 e. The lowest BCUT2D eigenvalue weighted by Crippen LogP contribution is -2.32. The Morgan fingerprint density at radius 1 is 1.17 bits per heavy atom. The van der Waals surface area contributed by atoms with Crippen LogP contribution in [0.4, 0.5) is 5.69 Å². The van der Waals surface area contributed by atoms with Crippen LogP contribution < -0.4 is 4.90 Å². The van der Waals surface area contributed by atoms with Crippen LogP contribution in [0.2, 0.25) is 0 Å². The minimum Gasteiger partial charge on any atom is -0.393 e. The third-order valence-corrected chi connectivity index (χ3v) is 4.60. The molecule has 1 fully saturated rings. The minimum atomic E-state index is -0.0370. The van der Waals surface area contributed by atoms with Crippen LogP contribution in [0.3, 0.4) is 0 Å². The molecule has 2 aliphatic rings. The zero-order valence-electron chi connectivity index (χ0n) is 11.0. The van der Waals surface area contributed by atoms with Gasteiger partial charge in [0.15, 0.2) is 0 Å². The summed E-state index contributed by atoms with van der Waals surface area (Å²) in [7, 11) is 0. The minimum absolute atomic E-state index is 0.0370. The number of para-hydroxylation sites is 1. The molecule has 2 atom stereocenters. The Bertz CT molecular complexity index is 404. The summed E-state index contributed by atoms with van der Waals surface area (Å²) >= 11 is 0. The Balaban J connectivity index is 1.64. The molecule has 1 heterocycles. The molecule has 1 aromatic carbocycles. The Labute approximate surface area is 110 Å². The van der Waals surface area contributed by atoms with E-state index in [4.69, 9.17) is 0 Å². The van der Waals surface area contributed by atoms with Gasteiger partial charge in [-0.15, -0.1) is 0 Å². The highest BCUT2D eigenvalue weighted by atomic mass is 16.3. The van der Waals surface area contributed by atoms with Crippen LogP contribution in [-0.2, 0) is 6.42 Å². The van der Waals surface area contributed by atoms with Crippen LogP contribution in [0, 0.1) is 5.92 Å². The SMILES string of the molecule is OC1CCCC1CCN1CCCc2ccccc21. The molecule has 98 valence electrons. The quantitative estimate of drug-likeness (QED) is 0.885. The lowest BCUT2D eigenvalue weighted by molar-refractivity contribution is 0.129. The number of rotatable bonds is 3. The number of nitrogens with zero attached hydrogens (tertiary/aromatic N) is 1. The Morgan fingerprint density at radius 2 is 2.06 bits per heavy atom. The maximum atomic E-state index is 9.90. The van der Waals surface area contributed by atoms with Crippen LogP contribution in [-0.4, -0.2) is 24.3 Å². The number of fused-ring (bicyclic) bond motifs is 1. The summed E-state index contributed by atoms with van der Waals surface area (Å²) in [6, 6.07) is 8.79. The van der Waals surface area contributed by atoms with Crippen LogP contribution >= 0.6 is 0 Å². The summed E-state index contributed by atoms with van der Waals surface area (Å²) in [4.78, 5) is 2.52. The van der Waals surface area contributed by atoms with Crippen LogP contribution in [0.1, 0.15) is 37.7 Å². The summed E-state index contributed by atoms with van der Waals surface area (Å²) in [5.41, 5.74) is 2.92. The van der Waals surface area contributed by atoms with Crippen molar-refractivity contribution in [1.82, 2.24) is 0 Å². The first-order valence-corrected chi connectivity index (χ1v) is 7.35. The average molecular weight is 245 g/mol. The number of aliphatic hydroxyl groups is 1. The van der Waals surface area contributed by atoms with Gasteiger partial charge in [0.25, 0.3) is 0 Å². The second-order valence-electron chi connectivity index (χ2n) is 5.77. The Morgan fingerprint density at radius 3 is 2.89 bits per heavy atom. The topological polar surface area (TPSA) is 23.5 Å². The van der Waals surface area contributed by atoms with Gasteiger partial charge in [-0.3, -0.25) is 0 Å². The van der Waals surface area contributed by atoms with Crippen molar-refractivity contribution in [2.75, 3.05) is 18.0 Å². The Hall–Kier alpha value is -1.02. The number of hydrogen-bond acceptors (Lipinski definition) is 2. The highest BCUT2D eigenvalue weighted by Gasteiger charge is 2.26. The third-order valence-electron chi connectivity index (χ3n) is 4.60.